The standard InChI is InChI=1S/C21H40O2.C6H11NO.C4H6O2/c1-3-5-6-7-8-9-10-11-12-13-14-15-16-17-18-19-20-23-21(22)4-2;8-6-4-2-1-3-5-7-6;1-3-6-4(2)5/h4H,2-3,5-20H2,1H3;1-5H2,(H,7,8);3H,1H2,2H3. The molecule has 1 amide bonds. The van der Waals surface area contributed by atoms with Gasteiger partial charge in [-0.1, -0.05) is 123 Å². The van der Waals surface area contributed by atoms with Gasteiger partial charge in [-0.15, -0.1) is 0 Å². The fourth-order valence-electron chi connectivity index (χ4n) is 3.90. The van der Waals surface area contributed by atoms with Crippen LogP contribution in [-0.2, 0) is 23.9 Å². The molecule has 6 heteroatoms. The molecule has 1 saturated heterocycles. The highest BCUT2D eigenvalue weighted by Crippen LogP contribution is 2.13. The first-order valence-corrected chi connectivity index (χ1v) is 14.8. The second-order valence-corrected chi connectivity index (χ2v) is 9.61. The monoisotopic (exact) mass is 523 g/mol. The van der Waals surface area contributed by atoms with E-state index < -0.39 is 0 Å². The number of nitrogens with one attached hydrogen (secondary N) is 1. The zero-order valence-corrected chi connectivity index (χ0v) is 24.2. The van der Waals surface area contributed by atoms with Gasteiger partial charge in [0.15, 0.2) is 0 Å². The van der Waals surface area contributed by atoms with Crippen LogP contribution in [0.3, 0.4) is 0 Å². The van der Waals surface area contributed by atoms with Crippen molar-refractivity contribution in [3.63, 3.8) is 0 Å². The molecular weight excluding hydrogens is 466 g/mol. The molecule has 0 spiro atoms. The molecule has 0 aromatic carbocycles. The average Bonchev–Trinajstić information content (AvgIpc) is 3.13. The maximum Gasteiger partial charge on any atom is 0.330 e. The summed E-state index contributed by atoms with van der Waals surface area (Å²) in [6.07, 6.45) is 28.3. The maximum absolute atomic E-state index is 10.8. The molecule has 0 bridgehead atoms. The molecule has 0 aliphatic carbocycles. The van der Waals surface area contributed by atoms with Crippen LogP contribution in [-0.4, -0.2) is 31.0 Å². The Morgan fingerprint density at radius 3 is 1.68 bits per heavy atom. The van der Waals surface area contributed by atoms with Gasteiger partial charge in [-0.25, -0.2) is 4.79 Å². The summed E-state index contributed by atoms with van der Waals surface area (Å²) >= 11 is 0. The zero-order chi connectivity index (χ0) is 27.8. The van der Waals surface area contributed by atoms with Gasteiger partial charge >= 0.3 is 11.9 Å². The van der Waals surface area contributed by atoms with Gasteiger partial charge in [-0.3, -0.25) is 9.59 Å². The van der Waals surface area contributed by atoms with Crippen LogP contribution in [0.25, 0.3) is 0 Å². The van der Waals surface area contributed by atoms with Gasteiger partial charge < -0.3 is 14.8 Å². The summed E-state index contributed by atoms with van der Waals surface area (Å²) in [5, 5.41) is 2.81. The van der Waals surface area contributed by atoms with Crippen molar-refractivity contribution in [1.82, 2.24) is 5.32 Å². The summed E-state index contributed by atoms with van der Waals surface area (Å²) in [6.45, 7) is 11.6. The maximum atomic E-state index is 10.8. The molecule has 1 heterocycles. The Morgan fingerprint density at radius 1 is 0.784 bits per heavy atom. The van der Waals surface area contributed by atoms with Crippen molar-refractivity contribution in [2.24, 2.45) is 0 Å². The topological polar surface area (TPSA) is 81.7 Å². The van der Waals surface area contributed by atoms with Crippen molar-refractivity contribution < 1.29 is 23.9 Å². The Kier molecular flexibility index (Phi) is 32.0. The van der Waals surface area contributed by atoms with Gasteiger partial charge in [0.2, 0.25) is 5.91 Å². The Balaban J connectivity index is 0. The summed E-state index contributed by atoms with van der Waals surface area (Å²) in [5.41, 5.74) is 0. The Bertz CT molecular complexity index is 552. The molecule has 1 rings (SSSR count). The zero-order valence-electron chi connectivity index (χ0n) is 24.2. The highest BCUT2D eigenvalue weighted by Gasteiger charge is 2.03. The van der Waals surface area contributed by atoms with E-state index in [9.17, 15) is 14.4 Å². The van der Waals surface area contributed by atoms with Crippen LogP contribution in [0.1, 0.15) is 142 Å². The lowest BCUT2D eigenvalue weighted by Gasteiger charge is -2.04. The minimum atomic E-state index is -0.329. The number of rotatable bonds is 19. The van der Waals surface area contributed by atoms with Crippen molar-refractivity contribution in [3.05, 3.63) is 25.5 Å². The quantitative estimate of drug-likeness (QED) is 0.0796. The van der Waals surface area contributed by atoms with Crippen LogP contribution in [0.2, 0.25) is 0 Å². The second-order valence-electron chi connectivity index (χ2n) is 9.61. The first-order valence-electron chi connectivity index (χ1n) is 14.8. The molecule has 0 atom stereocenters. The summed E-state index contributed by atoms with van der Waals surface area (Å²) in [6, 6.07) is 0. The van der Waals surface area contributed by atoms with Gasteiger partial charge in [0.1, 0.15) is 0 Å². The van der Waals surface area contributed by atoms with E-state index in [2.05, 4.69) is 30.1 Å². The molecule has 0 aromatic rings. The molecule has 0 aromatic heterocycles. The van der Waals surface area contributed by atoms with E-state index in [1.54, 1.807) is 0 Å². The van der Waals surface area contributed by atoms with Crippen LogP contribution in [0.4, 0.5) is 0 Å². The van der Waals surface area contributed by atoms with E-state index in [-0.39, 0.29) is 17.8 Å². The summed E-state index contributed by atoms with van der Waals surface area (Å²) in [4.78, 5) is 31.2. The van der Waals surface area contributed by atoms with Gasteiger partial charge in [-0.05, 0) is 19.3 Å². The molecule has 1 aliphatic heterocycles. The van der Waals surface area contributed by atoms with Crippen LogP contribution in [0.5, 0.6) is 0 Å². The van der Waals surface area contributed by atoms with Gasteiger partial charge in [0.25, 0.3) is 0 Å². The number of carbonyl (C=O) groups excluding carboxylic acids is 3. The van der Waals surface area contributed by atoms with Crippen molar-refractivity contribution in [3.8, 4) is 0 Å². The third-order valence-electron chi connectivity index (χ3n) is 6.06. The van der Waals surface area contributed by atoms with Gasteiger partial charge in [0, 0.05) is 26.0 Å². The number of unbranched alkanes of at least 4 members (excludes halogenated alkanes) is 15. The fraction of sp³-hybridized carbons (Fsp3) is 0.774. The molecule has 1 N–H and O–H groups in total. The third kappa shape index (κ3) is 36.1. The van der Waals surface area contributed by atoms with Crippen LogP contribution < -0.4 is 5.32 Å². The van der Waals surface area contributed by atoms with E-state index in [1.165, 1.54) is 116 Å². The summed E-state index contributed by atoms with van der Waals surface area (Å²) in [7, 11) is 0. The summed E-state index contributed by atoms with van der Waals surface area (Å²) < 4.78 is 9.12. The third-order valence-corrected chi connectivity index (χ3v) is 6.06. The largest absolute Gasteiger partial charge is 0.463 e. The van der Waals surface area contributed by atoms with Crippen LogP contribution >= 0.6 is 0 Å². The Hall–Kier alpha value is -2.11. The predicted molar refractivity (Wildman–Crippen MR) is 154 cm³/mol. The van der Waals surface area contributed by atoms with Crippen molar-refractivity contribution >= 4 is 17.8 Å². The normalized spacial score (nSPS) is 12.4. The predicted octanol–water partition coefficient (Wildman–Crippen LogP) is 8.35. The molecule has 0 saturated carbocycles. The molecule has 1 fully saturated rings. The fourth-order valence-corrected chi connectivity index (χ4v) is 3.90. The number of esters is 2. The minimum absolute atomic E-state index is 0.225. The van der Waals surface area contributed by atoms with Gasteiger partial charge in [0.05, 0.1) is 12.9 Å². The highest BCUT2D eigenvalue weighted by molar-refractivity contribution is 5.81. The lowest BCUT2D eigenvalue weighted by Crippen LogP contribution is -2.21. The van der Waals surface area contributed by atoms with Crippen molar-refractivity contribution in [1.29, 1.82) is 0 Å². The van der Waals surface area contributed by atoms with E-state index in [1.807, 2.05) is 0 Å². The molecule has 0 unspecified atom stereocenters. The molecule has 37 heavy (non-hydrogen) atoms. The van der Waals surface area contributed by atoms with Crippen molar-refractivity contribution in [2.75, 3.05) is 13.2 Å². The number of hydrogen-bond acceptors (Lipinski definition) is 5. The van der Waals surface area contributed by atoms with Gasteiger partial charge in [-0.2, -0.15) is 0 Å². The van der Waals surface area contributed by atoms with E-state index >= 15 is 0 Å². The lowest BCUT2D eigenvalue weighted by atomic mass is 10.0. The highest BCUT2D eigenvalue weighted by atomic mass is 16.5. The molecule has 1 aliphatic rings. The number of amides is 1. The Labute approximate surface area is 228 Å². The number of hydrogen-bond donors (Lipinski definition) is 1. The van der Waals surface area contributed by atoms with Crippen molar-refractivity contribution in [2.45, 2.75) is 142 Å². The second kappa shape index (κ2) is 31.9. The minimum Gasteiger partial charge on any atom is -0.463 e. The number of carbonyl (C=O) groups is 3. The lowest BCUT2D eigenvalue weighted by molar-refractivity contribution is -0.138. The molecular formula is C31H57NO5. The molecule has 216 valence electrons. The Morgan fingerprint density at radius 2 is 1.27 bits per heavy atom. The smallest absolute Gasteiger partial charge is 0.330 e. The SMILES string of the molecule is C=CC(=O)OCCCCCCCCCCCCCCCCCC.C=COC(C)=O.O=C1CCCCCN1. The molecule has 0 radical (unpaired) electrons. The first kappa shape index (κ1) is 37.0. The first-order chi connectivity index (χ1) is 18.0. The number of ether oxygens (including phenoxy) is 2. The van der Waals surface area contributed by atoms with Crippen LogP contribution in [0.15, 0.2) is 25.5 Å². The molecule has 6 nitrogen and oxygen atoms in total. The van der Waals surface area contributed by atoms with Crippen LogP contribution in [0, 0.1) is 0 Å². The van der Waals surface area contributed by atoms with E-state index in [4.69, 9.17) is 4.74 Å². The van der Waals surface area contributed by atoms with E-state index in [0.717, 1.165) is 38.5 Å². The average molecular weight is 524 g/mol. The summed E-state index contributed by atoms with van der Waals surface area (Å²) in [5.74, 6) is -0.404. The van der Waals surface area contributed by atoms with E-state index in [0.29, 0.717) is 6.61 Å².